The van der Waals surface area contributed by atoms with E-state index in [-0.39, 0.29) is 0 Å². The van der Waals surface area contributed by atoms with Gasteiger partial charge in [-0.2, -0.15) is 5.26 Å². The third kappa shape index (κ3) is 3.51. The number of nitrogens with zero attached hydrogens (tertiary/aromatic N) is 3. The number of rotatable bonds is 4. The van der Waals surface area contributed by atoms with Crippen molar-refractivity contribution in [3.05, 3.63) is 59.4 Å². The number of benzene rings is 2. The summed E-state index contributed by atoms with van der Waals surface area (Å²) in [7, 11) is 5.89. The first-order chi connectivity index (χ1) is 10.0. The van der Waals surface area contributed by atoms with Crippen molar-refractivity contribution in [2.75, 3.05) is 30.9 Å². The highest BCUT2D eigenvalue weighted by molar-refractivity contribution is 5.59. The molecule has 0 aromatic heterocycles. The Hall–Kier alpha value is -2.54. The zero-order valence-corrected chi connectivity index (χ0v) is 12.5. The molecule has 0 fully saturated rings. The van der Waals surface area contributed by atoms with Crippen LogP contribution in [0.4, 0.5) is 15.8 Å². The van der Waals surface area contributed by atoms with Gasteiger partial charge in [0.05, 0.1) is 11.3 Å². The molecule has 3 nitrogen and oxygen atoms in total. The molecule has 0 unspecified atom stereocenters. The third-order valence-corrected chi connectivity index (χ3v) is 3.34. The molecule has 0 radical (unpaired) electrons. The molecule has 4 heteroatoms. The molecular weight excluding hydrogens is 265 g/mol. The Labute approximate surface area is 124 Å². The van der Waals surface area contributed by atoms with Gasteiger partial charge in [-0.1, -0.05) is 12.1 Å². The molecule has 0 saturated heterocycles. The Balaban J connectivity index is 2.24. The van der Waals surface area contributed by atoms with Gasteiger partial charge in [-0.05, 0) is 35.9 Å². The summed E-state index contributed by atoms with van der Waals surface area (Å²) in [5.74, 6) is -0.390. The van der Waals surface area contributed by atoms with Crippen LogP contribution in [-0.4, -0.2) is 21.1 Å². The van der Waals surface area contributed by atoms with E-state index in [1.165, 1.54) is 12.1 Å². The first-order valence-corrected chi connectivity index (χ1v) is 6.68. The van der Waals surface area contributed by atoms with Crippen molar-refractivity contribution in [2.24, 2.45) is 0 Å². The number of anilines is 2. The Kier molecular flexibility index (Phi) is 4.44. The van der Waals surface area contributed by atoms with Crippen LogP contribution in [0.15, 0.2) is 42.5 Å². The summed E-state index contributed by atoms with van der Waals surface area (Å²) in [5.41, 5.74) is 3.34. The highest BCUT2D eigenvalue weighted by Gasteiger charge is 2.09. The number of hydrogen-bond acceptors (Lipinski definition) is 3. The number of hydrogen-bond donors (Lipinski definition) is 0. The molecule has 0 heterocycles. The van der Waals surface area contributed by atoms with Crippen LogP contribution in [0.5, 0.6) is 0 Å². The minimum atomic E-state index is -0.390. The lowest BCUT2D eigenvalue weighted by Gasteiger charge is -2.21. The molecular formula is C17H18FN3. The predicted molar refractivity (Wildman–Crippen MR) is 84.0 cm³/mol. The van der Waals surface area contributed by atoms with Gasteiger partial charge in [0.2, 0.25) is 0 Å². The van der Waals surface area contributed by atoms with Crippen molar-refractivity contribution >= 4 is 11.4 Å². The fourth-order valence-electron chi connectivity index (χ4n) is 2.22. The molecule has 0 spiro atoms. The van der Waals surface area contributed by atoms with Crippen LogP contribution in [0.1, 0.15) is 11.1 Å². The Morgan fingerprint density at radius 3 is 2.52 bits per heavy atom. The van der Waals surface area contributed by atoms with Crippen LogP contribution in [0.25, 0.3) is 0 Å². The molecule has 2 aromatic rings. The molecule has 0 aliphatic carbocycles. The Morgan fingerprint density at radius 2 is 1.86 bits per heavy atom. The molecule has 0 bridgehead atoms. The standard InChI is InChI=1S/C17H18FN3/c1-20(2)16-6-4-5-13(9-16)12-21(3)17-8-7-15(18)10-14(17)11-19/h4-10H,12H2,1-3H3. The lowest BCUT2D eigenvalue weighted by atomic mass is 10.1. The summed E-state index contributed by atoms with van der Waals surface area (Å²) in [6, 6.07) is 14.5. The van der Waals surface area contributed by atoms with Crippen molar-refractivity contribution in [3.63, 3.8) is 0 Å². The molecule has 2 aromatic carbocycles. The van der Waals surface area contributed by atoms with E-state index in [1.54, 1.807) is 6.07 Å². The van der Waals surface area contributed by atoms with E-state index >= 15 is 0 Å². The quantitative estimate of drug-likeness (QED) is 0.861. The molecule has 0 atom stereocenters. The first-order valence-electron chi connectivity index (χ1n) is 6.68. The van der Waals surface area contributed by atoms with Gasteiger partial charge in [0.15, 0.2) is 0 Å². The normalized spacial score (nSPS) is 10.0. The van der Waals surface area contributed by atoms with E-state index in [2.05, 4.69) is 6.07 Å². The molecule has 0 saturated carbocycles. The summed E-state index contributed by atoms with van der Waals surface area (Å²) in [5, 5.41) is 9.12. The van der Waals surface area contributed by atoms with Crippen molar-refractivity contribution in [1.82, 2.24) is 0 Å². The van der Waals surface area contributed by atoms with Crippen molar-refractivity contribution in [1.29, 1.82) is 5.26 Å². The van der Waals surface area contributed by atoms with E-state index in [0.717, 1.165) is 16.9 Å². The second kappa shape index (κ2) is 6.27. The fourth-order valence-corrected chi connectivity index (χ4v) is 2.22. The fraction of sp³-hybridized carbons (Fsp3) is 0.235. The zero-order chi connectivity index (χ0) is 15.4. The third-order valence-electron chi connectivity index (χ3n) is 3.34. The van der Waals surface area contributed by atoms with E-state index in [9.17, 15) is 4.39 Å². The second-order valence-electron chi connectivity index (χ2n) is 5.19. The second-order valence-corrected chi connectivity index (χ2v) is 5.19. The minimum Gasteiger partial charge on any atom is -0.378 e. The summed E-state index contributed by atoms with van der Waals surface area (Å²) < 4.78 is 13.2. The average molecular weight is 283 g/mol. The van der Waals surface area contributed by atoms with Gasteiger partial charge in [0, 0.05) is 33.4 Å². The summed E-state index contributed by atoms with van der Waals surface area (Å²) in [6.45, 7) is 0.655. The van der Waals surface area contributed by atoms with Crippen LogP contribution in [0.2, 0.25) is 0 Å². The molecule has 21 heavy (non-hydrogen) atoms. The maximum absolute atomic E-state index is 13.2. The van der Waals surface area contributed by atoms with E-state index < -0.39 is 5.82 Å². The lowest BCUT2D eigenvalue weighted by Crippen LogP contribution is -2.18. The lowest BCUT2D eigenvalue weighted by molar-refractivity contribution is 0.627. The van der Waals surface area contributed by atoms with Crippen molar-refractivity contribution in [2.45, 2.75) is 6.54 Å². The largest absolute Gasteiger partial charge is 0.378 e. The summed E-state index contributed by atoms with van der Waals surface area (Å²) in [6.07, 6.45) is 0. The van der Waals surface area contributed by atoms with Gasteiger partial charge >= 0.3 is 0 Å². The highest BCUT2D eigenvalue weighted by atomic mass is 19.1. The molecule has 108 valence electrons. The summed E-state index contributed by atoms with van der Waals surface area (Å²) in [4.78, 5) is 3.99. The first kappa shape index (κ1) is 14.9. The Morgan fingerprint density at radius 1 is 1.10 bits per heavy atom. The minimum absolute atomic E-state index is 0.348. The SMILES string of the molecule is CN(C)c1cccc(CN(C)c2ccc(F)cc2C#N)c1. The van der Waals surface area contributed by atoms with Crippen molar-refractivity contribution < 1.29 is 4.39 Å². The molecule has 0 amide bonds. The molecule has 0 N–H and O–H groups in total. The van der Waals surface area contributed by atoms with E-state index in [0.29, 0.717) is 12.1 Å². The Bertz CT molecular complexity index is 674. The maximum atomic E-state index is 13.2. The van der Waals surface area contributed by atoms with Crippen LogP contribution in [0.3, 0.4) is 0 Å². The van der Waals surface area contributed by atoms with Crippen LogP contribution < -0.4 is 9.80 Å². The van der Waals surface area contributed by atoms with Crippen molar-refractivity contribution in [3.8, 4) is 6.07 Å². The predicted octanol–water partition coefficient (Wildman–Crippen LogP) is 3.40. The number of nitriles is 1. The smallest absolute Gasteiger partial charge is 0.124 e. The van der Waals surface area contributed by atoms with Gasteiger partial charge in [0.1, 0.15) is 11.9 Å². The van der Waals surface area contributed by atoms with Gasteiger partial charge in [0.25, 0.3) is 0 Å². The average Bonchev–Trinajstić information content (AvgIpc) is 2.47. The van der Waals surface area contributed by atoms with Crippen LogP contribution in [0, 0.1) is 17.1 Å². The van der Waals surface area contributed by atoms with Gasteiger partial charge in [-0.15, -0.1) is 0 Å². The zero-order valence-electron chi connectivity index (χ0n) is 12.5. The molecule has 0 aliphatic heterocycles. The monoisotopic (exact) mass is 283 g/mol. The van der Waals surface area contributed by atoms with Crippen LogP contribution in [-0.2, 0) is 6.54 Å². The maximum Gasteiger partial charge on any atom is 0.124 e. The van der Waals surface area contributed by atoms with Crippen LogP contribution >= 0.6 is 0 Å². The topological polar surface area (TPSA) is 30.3 Å². The highest BCUT2D eigenvalue weighted by Crippen LogP contribution is 2.22. The van der Waals surface area contributed by atoms with Gasteiger partial charge in [-0.3, -0.25) is 0 Å². The van der Waals surface area contributed by atoms with Gasteiger partial charge < -0.3 is 9.80 Å². The van der Waals surface area contributed by atoms with Gasteiger partial charge in [-0.25, -0.2) is 4.39 Å². The van der Waals surface area contributed by atoms with E-state index in [4.69, 9.17) is 5.26 Å². The molecule has 0 aliphatic rings. The molecule has 2 rings (SSSR count). The van der Waals surface area contributed by atoms with E-state index in [1.807, 2.05) is 55.2 Å². The summed E-state index contributed by atoms with van der Waals surface area (Å²) >= 11 is 0. The number of halogens is 1.